The minimum Gasteiger partial charge on any atom is -0.433 e. The molecule has 2 aromatic heterocycles. The first-order valence-corrected chi connectivity index (χ1v) is 6.11. The summed E-state index contributed by atoms with van der Waals surface area (Å²) in [4.78, 5) is 22.8. The Morgan fingerprint density at radius 2 is 2.14 bits per heavy atom. The molecule has 0 aliphatic carbocycles. The Morgan fingerprint density at radius 3 is 2.86 bits per heavy atom. The van der Waals surface area contributed by atoms with Gasteiger partial charge in [-0.3, -0.25) is 9.36 Å². The molecule has 0 bridgehead atoms. The highest BCUT2D eigenvalue weighted by molar-refractivity contribution is 5.81. The predicted molar refractivity (Wildman–Crippen MR) is 67.4 cm³/mol. The van der Waals surface area contributed by atoms with Gasteiger partial charge in [0.15, 0.2) is 17.7 Å². The third-order valence-electron chi connectivity index (χ3n) is 3.14. The van der Waals surface area contributed by atoms with Gasteiger partial charge in [0.2, 0.25) is 6.29 Å². The van der Waals surface area contributed by atoms with Crippen molar-refractivity contribution >= 4 is 23.0 Å². The van der Waals surface area contributed by atoms with Gasteiger partial charge in [-0.1, -0.05) is 0 Å². The van der Waals surface area contributed by atoms with Crippen molar-refractivity contribution in [1.82, 2.24) is 19.5 Å². The summed E-state index contributed by atoms with van der Waals surface area (Å²) < 4.78 is 11.6. The molecule has 1 aliphatic heterocycles. The number of aromatic nitrogens is 4. The van der Waals surface area contributed by atoms with Gasteiger partial charge in [-0.2, -0.15) is 0 Å². The molecule has 0 radical (unpaired) electrons. The zero-order valence-electron chi connectivity index (χ0n) is 10.9. The number of aliphatic hydroxyl groups excluding tert-OH is 2. The van der Waals surface area contributed by atoms with Crippen molar-refractivity contribution in [2.45, 2.75) is 31.6 Å². The van der Waals surface area contributed by atoms with Gasteiger partial charge in [0, 0.05) is 6.92 Å². The number of carbonyl (C=O) groups is 1. The molecule has 112 valence electrons. The Balaban J connectivity index is 1.96. The van der Waals surface area contributed by atoms with Crippen LogP contribution in [0.25, 0.3) is 11.2 Å². The maximum atomic E-state index is 11.0. The van der Waals surface area contributed by atoms with Gasteiger partial charge >= 0.3 is 5.97 Å². The summed E-state index contributed by atoms with van der Waals surface area (Å²) in [7, 11) is 0. The SMILES string of the molecule is CC(=O)O[C@H]1O[C@@H](n2cnc3c(N)ncnc32)[C@H](O)[C@@H]1O. The summed E-state index contributed by atoms with van der Waals surface area (Å²) in [6.45, 7) is 1.18. The zero-order valence-corrected chi connectivity index (χ0v) is 10.9. The van der Waals surface area contributed by atoms with Gasteiger partial charge < -0.3 is 25.4 Å². The second-order valence-electron chi connectivity index (χ2n) is 4.57. The summed E-state index contributed by atoms with van der Waals surface area (Å²) in [5.74, 6) is -0.447. The summed E-state index contributed by atoms with van der Waals surface area (Å²) in [5, 5.41) is 19.9. The average molecular weight is 295 g/mol. The number of fused-ring (bicyclic) bond motifs is 1. The van der Waals surface area contributed by atoms with Crippen LogP contribution < -0.4 is 5.73 Å². The molecule has 10 nitrogen and oxygen atoms in total. The molecule has 10 heteroatoms. The molecular formula is C11H13N5O5. The Kier molecular flexibility index (Phi) is 3.20. The quantitative estimate of drug-likeness (QED) is 0.566. The first-order valence-electron chi connectivity index (χ1n) is 6.11. The number of hydrogen-bond acceptors (Lipinski definition) is 9. The Morgan fingerprint density at radius 1 is 1.38 bits per heavy atom. The summed E-state index contributed by atoms with van der Waals surface area (Å²) in [6.07, 6.45) is -2.37. The molecule has 0 aromatic carbocycles. The summed E-state index contributed by atoms with van der Waals surface area (Å²) in [5.41, 5.74) is 6.36. The van der Waals surface area contributed by atoms with Crippen molar-refractivity contribution in [3.8, 4) is 0 Å². The first-order chi connectivity index (χ1) is 9.99. The van der Waals surface area contributed by atoms with Crippen LogP contribution >= 0.6 is 0 Å². The Labute approximate surface area is 118 Å². The fraction of sp³-hybridized carbons (Fsp3) is 0.455. The van der Waals surface area contributed by atoms with E-state index >= 15 is 0 Å². The van der Waals surface area contributed by atoms with Crippen molar-refractivity contribution < 1.29 is 24.5 Å². The fourth-order valence-corrected chi connectivity index (χ4v) is 2.18. The van der Waals surface area contributed by atoms with Crippen LogP contribution in [0.3, 0.4) is 0 Å². The van der Waals surface area contributed by atoms with Gasteiger partial charge in [0.1, 0.15) is 24.1 Å². The minimum atomic E-state index is -1.38. The smallest absolute Gasteiger partial charge is 0.305 e. The number of ether oxygens (including phenoxy) is 2. The molecule has 0 spiro atoms. The van der Waals surface area contributed by atoms with E-state index in [2.05, 4.69) is 15.0 Å². The van der Waals surface area contributed by atoms with E-state index < -0.39 is 30.7 Å². The van der Waals surface area contributed by atoms with Crippen molar-refractivity contribution in [2.24, 2.45) is 0 Å². The third-order valence-corrected chi connectivity index (χ3v) is 3.14. The van der Waals surface area contributed by atoms with Crippen molar-refractivity contribution in [1.29, 1.82) is 0 Å². The number of esters is 1. The van der Waals surface area contributed by atoms with Crippen LogP contribution in [0.15, 0.2) is 12.7 Å². The molecule has 0 amide bonds. The standard InChI is InChI=1S/C11H13N5O5/c1-4(17)20-11-7(19)6(18)10(21-11)16-3-15-5-8(12)13-2-14-9(5)16/h2-3,6-7,10-11,18-19H,1H3,(H2,12,13,14)/t6-,7+,10-,11+/m1/s1. The zero-order chi connectivity index (χ0) is 15.1. The molecular weight excluding hydrogens is 282 g/mol. The average Bonchev–Trinajstić information content (AvgIpc) is 2.96. The van der Waals surface area contributed by atoms with E-state index in [9.17, 15) is 15.0 Å². The molecule has 0 saturated carbocycles. The van der Waals surface area contributed by atoms with E-state index in [1.54, 1.807) is 0 Å². The number of aliphatic hydroxyl groups is 2. The Bertz CT molecular complexity index is 689. The lowest BCUT2D eigenvalue weighted by atomic mass is 10.2. The van der Waals surface area contributed by atoms with Crippen LogP contribution in [-0.4, -0.2) is 54.2 Å². The second kappa shape index (κ2) is 4.91. The number of hydrogen-bond donors (Lipinski definition) is 3. The number of imidazole rings is 1. The van der Waals surface area contributed by atoms with Crippen LogP contribution in [0, 0.1) is 0 Å². The van der Waals surface area contributed by atoms with E-state index in [0.717, 1.165) is 0 Å². The molecule has 1 saturated heterocycles. The van der Waals surface area contributed by atoms with Gasteiger partial charge in [-0.05, 0) is 0 Å². The van der Waals surface area contributed by atoms with Gasteiger partial charge in [0.05, 0.1) is 6.33 Å². The topological polar surface area (TPSA) is 146 Å². The van der Waals surface area contributed by atoms with Crippen LogP contribution in [0.4, 0.5) is 5.82 Å². The number of nitrogen functional groups attached to an aromatic ring is 1. The lowest BCUT2D eigenvalue weighted by Crippen LogP contribution is -2.33. The molecule has 4 N–H and O–H groups in total. The number of carbonyl (C=O) groups excluding carboxylic acids is 1. The number of nitrogens with zero attached hydrogens (tertiary/aromatic N) is 4. The van der Waals surface area contributed by atoms with Crippen LogP contribution in [0.1, 0.15) is 13.2 Å². The summed E-state index contributed by atoms with van der Waals surface area (Å²) >= 11 is 0. The molecule has 2 aromatic rings. The highest BCUT2D eigenvalue weighted by Gasteiger charge is 2.46. The number of anilines is 1. The number of rotatable bonds is 2. The van der Waals surface area contributed by atoms with Crippen LogP contribution in [0.2, 0.25) is 0 Å². The lowest BCUT2D eigenvalue weighted by molar-refractivity contribution is -0.190. The fourth-order valence-electron chi connectivity index (χ4n) is 2.18. The summed E-state index contributed by atoms with van der Waals surface area (Å²) in [6, 6.07) is 0. The molecule has 1 aliphatic rings. The molecule has 0 unspecified atom stereocenters. The monoisotopic (exact) mass is 295 g/mol. The van der Waals surface area contributed by atoms with Gasteiger partial charge in [0.25, 0.3) is 0 Å². The highest BCUT2D eigenvalue weighted by atomic mass is 16.7. The maximum Gasteiger partial charge on any atom is 0.305 e. The van der Waals surface area contributed by atoms with E-state index in [-0.39, 0.29) is 5.82 Å². The highest BCUT2D eigenvalue weighted by Crippen LogP contribution is 2.32. The molecule has 4 atom stereocenters. The Hall–Kier alpha value is -2.30. The van der Waals surface area contributed by atoms with E-state index in [4.69, 9.17) is 15.2 Å². The first kappa shape index (κ1) is 13.7. The third kappa shape index (κ3) is 2.18. The van der Waals surface area contributed by atoms with Crippen molar-refractivity contribution in [3.05, 3.63) is 12.7 Å². The predicted octanol–water partition coefficient (Wildman–Crippen LogP) is -1.45. The van der Waals surface area contributed by atoms with Crippen molar-refractivity contribution in [3.63, 3.8) is 0 Å². The molecule has 3 rings (SSSR count). The van der Waals surface area contributed by atoms with Crippen LogP contribution in [-0.2, 0) is 14.3 Å². The van der Waals surface area contributed by atoms with Crippen molar-refractivity contribution in [2.75, 3.05) is 5.73 Å². The van der Waals surface area contributed by atoms with E-state index in [1.807, 2.05) is 0 Å². The molecule has 21 heavy (non-hydrogen) atoms. The normalized spacial score (nSPS) is 28.9. The molecule has 3 heterocycles. The second-order valence-corrected chi connectivity index (χ2v) is 4.57. The van der Waals surface area contributed by atoms with Gasteiger partial charge in [-0.25, -0.2) is 15.0 Å². The minimum absolute atomic E-state index is 0.184. The van der Waals surface area contributed by atoms with Gasteiger partial charge in [-0.15, -0.1) is 0 Å². The van der Waals surface area contributed by atoms with E-state index in [0.29, 0.717) is 11.2 Å². The lowest BCUT2D eigenvalue weighted by Gasteiger charge is -2.15. The largest absolute Gasteiger partial charge is 0.433 e. The maximum absolute atomic E-state index is 11.0. The number of nitrogens with two attached hydrogens (primary N) is 1. The van der Waals surface area contributed by atoms with E-state index in [1.165, 1.54) is 24.1 Å². The van der Waals surface area contributed by atoms with Crippen LogP contribution in [0.5, 0.6) is 0 Å². The molecule has 1 fully saturated rings.